The van der Waals surface area contributed by atoms with Crippen LogP contribution < -0.4 is 10.1 Å². The van der Waals surface area contributed by atoms with E-state index in [1.807, 2.05) is 55.4 Å². The smallest absolute Gasteiger partial charge is 0.326 e. The van der Waals surface area contributed by atoms with Gasteiger partial charge in [0.15, 0.2) is 0 Å². The van der Waals surface area contributed by atoms with E-state index in [2.05, 4.69) is 5.32 Å². The van der Waals surface area contributed by atoms with Gasteiger partial charge >= 0.3 is 5.97 Å². The molecule has 0 bridgehead atoms. The zero-order valence-electron chi connectivity index (χ0n) is 19.4. The molecule has 0 saturated heterocycles. The minimum atomic E-state index is -1.08. The van der Waals surface area contributed by atoms with E-state index in [0.29, 0.717) is 12.0 Å². The number of benzene rings is 1. The van der Waals surface area contributed by atoms with E-state index < -0.39 is 17.9 Å². The van der Waals surface area contributed by atoms with Gasteiger partial charge in [-0.05, 0) is 72.1 Å². The molecule has 0 saturated carbocycles. The van der Waals surface area contributed by atoms with Crippen molar-refractivity contribution in [2.45, 2.75) is 86.0 Å². The number of carboxylic acids is 1. The van der Waals surface area contributed by atoms with Crippen molar-refractivity contribution in [1.29, 1.82) is 0 Å². The number of amides is 2. The van der Waals surface area contributed by atoms with Crippen LogP contribution in [0, 0.1) is 5.92 Å². The van der Waals surface area contributed by atoms with Gasteiger partial charge in [-0.2, -0.15) is 0 Å². The molecule has 1 aromatic rings. The van der Waals surface area contributed by atoms with Crippen molar-refractivity contribution in [2.75, 3.05) is 0 Å². The van der Waals surface area contributed by atoms with Gasteiger partial charge in [0.2, 0.25) is 0 Å². The second kappa shape index (κ2) is 11.0. The van der Waals surface area contributed by atoms with Crippen LogP contribution in [0.3, 0.4) is 0 Å². The third-order valence-electron chi connectivity index (χ3n) is 4.49. The van der Waals surface area contributed by atoms with Crippen molar-refractivity contribution in [3.63, 3.8) is 0 Å². The van der Waals surface area contributed by atoms with Gasteiger partial charge in [0, 0.05) is 17.6 Å². The Labute approximate surface area is 179 Å². The van der Waals surface area contributed by atoms with Crippen molar-refractivity contribution in [3.05, 3.63) is 29.3 Å². The van der Waals surface area contributed by atoms with Crippen LogP contribution in [0.2, 0.25) is 0 Å². The predicted molar refractivity (Wildman–Crippen MR) is 117 cm³/mol. The summed E-state index contributed by atoms with van der Waals surface area (Å²) in [6.07, 6.45) is 0.0922. The fourth-order valence-electron chi connectivity index (χ4n) is 3.34. The van der Waals surface area contributed by atoms with Gasteiger partial charge in [0.25, 0.3) is 11.8 Å². The molecule has 0 radical (unpaired) electrons. The molecule has 0 aromatic heterocycles. The Bertz CT molecular complexity index is 748. The summed E-state index contributed by atoms with van der Waals surface area (Å²) < 4.78 is 5.80. The number of hydrogen-bond acceptors (Lipinski definition) is 4. The molecule has 1 aromatic carbocycles. The lowest BCUT2D eigenvalue weighted by Gasteiger charge is -2.31. The molecule has 1 rings (SSSR count). The van der Waals surface area contributed by atoms with Gasteiger partial charge in [0.1, 0.15) is 11.8 Å². The number of aliphatic carboxylic acids is 1. The Hall–Kier alpha value is -2.57. The van der Waals surface area contributed by atoms with Crippen LogP contribution in [0.25, 0.3) is 0 Å². The van der Waals surface area contributed by atoms with Crippen molar-refractivity contribution < 1.29 is 24.2 Å². The molecule has 0 spiro atoms. The van der Waals surface area contributed by atoms with E-state index >= 15 is 0 Å². The highest BCUT2D eigenvalue weighted by Crippen LogP contribution is 2.24. The van der Waals surface area contributed by atoms with Crippen LogP contribution in [0.1, 0.15) is 82.5 Å². The lowest BCUT2D eigenvalue weighted by Crippen LogP contribution is -2.42. The summed E-state index contributed by atoms with van der Waals surface area (Å²) in [5.74, 6) is -1.41. The monoisotopic (exact) mass is 420 g/mol. The van der Waals surface area contributed by atoms with E-state index in [-0.39, 0.29) is 41.3 Å². The Morgan fingerprint density at radius 1 is 1.00 bits per heavy atom. The maximum absolute atomic E-state index is 13.0. The molecule has 30 heavy (non-hydrogen) atoms. The summed E-state index contributed by atoms with van der Waals surface area (Å²) in [5, 5.41) is 12.0. The number of ether oxygens (including phenoxy) is 1. The van der Waals surface area contributed by atoms with Crippen LogP contribution in [0.4, 0.5) is 0 Å². The highest BCUT2D eigenvalue weighted by atomic mass is 16.5. The summed E-state index contributed by atoms with van der Waals surface area (Å²) in [7, 11) is 0. The summed E-state index contributed by atoms with van der Waals surface area (Å²) in [6, 6.07) is 3.70. The molecule has 0 unspecified atom stereocenters. The molecule has 0 fully saturated rings. The van der Waals surface area contributed by atoms with E-state index in [9.17, 15) is 19.5 Å². The van der Waals surface area contributed by atoms with Gasteiger partial charge in [-0.3, -0.25) is 9.59 Å². The molecular formula is C23H36N2O5. The SMILES string of the molecule is CC(C)C[C@H](NC(=O)c1ccc(C(=O)N(C(C)C)C(C)C)cc1OC(C)C)C(=O)O. The van der Waals surface area contributed by atoms with E-state index in [4.69, 9.17) is 4.74 Å². The number of rotatable bonds is 10. The highest BCUT2D eigenvalue weighted by molar-refractivity contribution is 6.01. The molecule has 1 atom stereocenters. The molecule has 2 N–H and O–H groups in total. The minimum Gasteiger partial charge on any atom is -0.490 e. The van der Waals surface area contributed by atoms with E-state index in [0.717, 1.165) is 0 Å². The van der Waals surface area contributed by atoms with Gasteiger partial charge < -0.3 is 20.1 Å². The number of carbonyl (C=O) groups excluding carboxylic acids is 2. The second-order valence-electron chi connectivity index (χ2n) is 8.77. The highest BCUT2D eigenvalue weighted by Gasteiger charge is 2.26. The van der Waals surface area contributed by atoms with Crippen LogP contribution in [-0.4, -0.2) is 52.0 Å². The third-order valence-corrected chi connectivity index (χ3v) is 4.49. The van der Waals surface area contributed by atoms with Crippen LogP contribution in [-0.2, 0) is 4.79 Å². The minimum absolute atomic E-state index is 0.0160. The topological polar surface area (TPSA) is 95.9 Å². The number of hydrogen-bond donors (Lipinski definition) is 2. The maximum Gasteiger partial charge on any atom is 0.326 e. The molecule has 0 aliphatic rings. The molecule has 2 amide bonds. The first-order valence-electron chi connectivity index (χ1n) is 10.5. The predicted octanol–water partition coefficient (Wildman–Crippen LogP) is 3.96. The Morgan fingerprint density at radius 2 is 1.57 bits per heavy atom. The average molecular weight is 421 g/mol. The summed E-state index contributed by atoms with van der Waals surface area (Å²) >= 11 is 0. The molecule has 0 aliphatic carbocycles. The van der Waals surface area contributed by atoms with Crippen molar-refractivity contribution in [3.8, 4) is 5.75 Å². The number of carboxylic acid groups (broad SMARTS) is 1. The van der Waals surface area contributed by atoms with Gasteiger partial charge in [0.05, 0.1) is 11.7 Å². The first-order valence-corrected chi connectivity index (χ1v) is 10.5. The number of nitrogens with zero attached hydrogens (tertiary/aromatic N) is 1. The molecule has 168 valence electrons. The van der Waals surface area contributed by atoms with E-state index in [1.165, 1.54) is 6.07 Å². The molecular weight excluding hydrogens is 384 g/mol. The Balaban J connectivity index is 3.29. The van der Waals surface area contributed by atoms with Crippen LogP contribution >= 0.6 is 0 Å². The molecule has 7 heteroatoms. The summed E-state index contributed by atoms with van der Waals surface area (Å²) in [4.78, 5) is 39.1. The fourth-order valence-corrected chi connectivity index (χ4v) is 3.34. The lowest BCUT2D eigenvalue weighted by molar-refractivity contribution is -0.139. The molecule has 0 heterocycles. The van der Waals surface area contributed by atoms with Crippen molar-refractivity contribution in [2.24, 2.45) is 5.92 Å². The maximum atomic E-state index is 13.0. The largest absolute Gasteiger partial charge is 0.490 e. The Kier molecular flexibility index (Phi) is 9.33. The molecule has 7 nitrogen and oxygen atoms in total. The standard InChI is InChI=1S/C23H36N2O5/c1-13(2)11-19(23(28)29)24-21(26)18-10-9-17(12-20(18)30-16(7)8)22(27)25(14(3)4)15(5)6/h9-10,12-16,19H,11H2,1-8H3,(H,24,26)(H,28,29)/t19-/m0/s1. The second-order valence-corrected chi connectivity index (χ2v) is 8.77. The van der Waals surface area contributed by atoms with Gasteiger partial charge in [-0.15, -0.1) is 0 Å². The third kappa shape index (κ3) is 7.04. The average Bonchev–Trinajstić information content (AvgIpc) is 2.59. The first kappa shape index (κ1) is 25.5. The molecule has 0 aliphatic heterocycles. The van der Waals surface area contributed by atoms with Gasteiger partial charge in [-0.25, -0.2) is 4.79 Å². The summed E-state index contributed by atoms with van der Waals surface area (Å²) in [6.45, 7) is 15.2. The van der Waals surface area contributed by atoms with Crippen LogP contribution in [0.15, 0.2) is 18.2 Å². The zero-order valence-corrected chi connectivity index (χ0v) is 19.4. The van der Waals surface area contributed by atoms with Gasteiger partial charge in [-0.1, -0.05) is 13.8 Å². The van der Waals surface area contributed by atoms with E-state index in [1.54, 1.807) is 17.0 Å². The quantitative estimate of drug-likeness (QED) is 0.597. The van der Waals surface area contributed by atoms with Crippen LogP contribution in [0.5, 0.6) is 5.75 Å². The van der Waals surface area contributed by atoms with Crippen molar-refractivity contribution >= 4 is 17.8 Å². The summed E-state index contributed by atoms with van der Waals surface area (Å²) in [5.41, 5.74) is 0.623. The first-order chi connectivity index (χ1) is 13.8. The van der Waals surface area contributed by atoms with Crippen molar-refractivity contribution in [1.82, 2.24) is 10.2 Å². The zero-order chi connectivity index (χ0) is 23.2. The number of carbonyl (C=O) groups is 3. The normalized spacial score (nSPS) is 12.4. The lowest BCUT2D eigenvalue weighted by atomic mass is 10.0. The fraction of sp³-hybridized carbons (Fsp3) is 0.609. The Morgan fingerprint density at radius 3 is 2.00 bits per heavy atom. The number of nitrogens with one attached hydrogen (secondary N) is 1.